The molecule has 4 aromatic rings. The SMILES string of the molecule is C=CCn1c(SCc2csc(COc3ccc(C)cc3)n2)nnc1-c1ccccc1F. The van der Waals surface area contributed by atoms with E-state index in [-0.39, 0.29) is 5.82 Å². The van der Waals surface area contributed by atoms with Crippen LogP contribution in [0.5, 0.6) is 5.75 Å². The highest BCUT2D eigenvalue weighted by Crippen LogP contribution is 2.28. The molecular weight excluding hydrogens is 431 g/mol. The summed E-state index contributed by atoms with van der Waals surface area (Å²) < 4.78 is 21.9. The van der Waals surface area contributed by atoms with Gasteiger partial charge in [0.2, 0.25) is 0 Å². The first-order valence-corrected chi connectivity index (χ1v) is 11.5. The summed E-state index contributed by atoms with van der Waals surface area (Å²) in [5.74, 6) is 1.63. The molecule has 0 saturated carbocycles. The quantitative estimate of drug-likeness (QED) is 0.234. The molecule has 2 heterocycles. The van der Waals surface area contributed by atoms with Crippen LogP contribution in [0.3, 0.4) is 0 Å². The van der Waals surface area contributed by atoms with Gasteiger partial charge in [0.1, 0.15) is 23.2 Å². The monoisotopic (exact) mass is 452 g/mol. The molecule has 2 aromatic carbocycles. The van der Waals surface area contributed by atoms with E-state index in [4.69, 9.17) is 4.74 Å². The Labute approximate surface area is 188 Å². The van der Waals surface area contributed by atoms with E-state index in [0.717, 1.165) is 16.5 Å². The molecule has 0 saturated heterocycles. The molecule has 158 valence electrons. The van der Waals surface area contributed by atoms with Crippen LogP contribution >= 0.6 is 23.1 Å². The number of halogens is 1. The zero-order valence-corrected chi connectivity index (χ0v) is 18.6. The van der Waals surface area contributed by atoms with Crippen molar-refractivity contribution >= 4 is 23.1 Å². The molecule has 0 amide bonds. The number of aryl methyl sites for hydroxylation is 1. The van der Waals surface area contributed by atoms with Gasteiger partial charge in [0.25, 0.3) is 0 Å². The van der Waals surface area contributed by atoms with Crippen LogP contribution in [-0.2, 0) is 18.9 Å². The van der Waals surface area contributed by atoms with Crippen molar-refractivity contribution in [3.63, 3.8) is 0 Å². The number of hydrogen-bond donors (Lipinski definition) is 0. The second-order valence-corrected chi connectivity index (χ2v) is 8.69. The van der Waals surface area contributed by atoms with E-state index in [9.17, 15) is 4.39 Å². The highest BCUT2D eigenvalue weighted by atomic mass is 32.2. The van der Waals surface area contributed by atoms with Gasteiger partial charge < -0.3 is 4.74 Å². The van der Waals surface area contributed by atoms with Crippen LogP contribution in [0.4, 0.5) is 4.39 Å². The zero-order valence-electron chi connectivity index (χ0n) is 17.0. The molecule has 8 heteroatoms. The fourth-order valence-corrected chi connectivity index (χ4v) is 4.58. The Kier molecular flexibility index (Phi) is 6.79. The third-order valence-electron chi connectivity index (χ3n) is 4.48. The molecule has 0 aliphatic carbocycles. The molecule has 0 atom stereocenters. The number of rotatable bonds is 9. The molecule has 2 aromatic heterocycles. The van der Waals surface area contributed by atoms with E-state index in [1.807, 2.05) is 41.1 Å². The first-order chi connectivity index (χ1) is 15.1. The molecule has 0 aliphatic rings. The summed E-state index contributed by atoms with van der Waals surface area (Å²) in [5, 5.41) is 12.1. The van der Waals surface area contributed by atoms with E-state index in [1.165, 1.54) is 23.4 Å². The Morgan fingerprint density at radius 2 is 1.97 bits per heavy atom. The van der Waals surface area contributed by atoms with Crippen LogP contribution in [0.15, 0.2) is 71.7 Å². The first-order valence-electron chi connectivity index (χ1n) is 9.68. The van der Waals surface area contributed by atoms with E-state index < -0.39 is 0 Å². The molecule has 0 unspecified atom stereocenters. The van der Waals surface area contributed by atoms with Crippen LogP contribution in [0, 0.1) is 12.7 Å². The predicted molar refractivity (Wildman–Crippen MR) is 123 cm³/mol. The van der Waals surface area contributed by atoms with Crippen LogP contribution in [-0.4, -0.2) is 19.7 Å². The maximum atomic E-state index is 14.2. The average molecular weight is 453 g/mol. The topological polar surface area (TPSA) is 52.8 Å². The lowest BCUT2D eigenvalue weighted by molar-refractivity contribution is 0.305. The molecule has 0 N–H and O–H groups in total. The minimum absolute atomic E-state index is 0.325. The number of nitrogens with zero attached hydrogens (tertiary/aromatic N) is 4. The molecular formula is C23H21FN4OS2. The lowest BCUT2D eigenvalue weighted by Crippen LogP contribution is -2.02. The second kappa shape index (κ2) is 9.89. The minimum Gasteiger partial charge on any atom is -0.486 e. The highest BCUT2D eigenvalue weighted by molar-refractivity contribution is 7.98. The summed E-state index contributed by atoms with van der Waals surface area (Å²) in [5.41, 5.74) is 2.56. The molecule has 0 aliphatic heterocycles. The molecule has 4 rings (SSSR count). The van der Waals surface area contributed by atoms with Crippen molar-refractivity contribution in [1.82, 2.24) is 19.7 Å². The van der Waals surface area contributed by atoms with Gasteiger partial charge >= 0.3 is 0 Å². The molecule has 31 heavy (non-hydrogen) atoms. The summed E-state index contributed by atoms with van der Waals surface area (Å²) in [4.78, 5) is 4.65. The normalized spacial score (nSPS) is 10.9. The van der Waals surface area contributed by atoms with Crippen molar-refractivity contribution in [2.24, 2.45) is 0 Å². The molecule has 0 spiro atoms. The van der Waals surface area contributed by atoms with E-state index in [2.05, 4.69) is 21.8 Å². The molecule has 0 radical (unpaired) electrons. The van der Waals surface area contributed by atoms with Crippen molar-refractivity contribution in [1.29, 1.82) is 0 Å². The van der Waals surface area contributed by atoms with Gasteiger partial charge in [0.15, 0.2) is 11.0 Å². The standard InChI is InChI=1S/C23H21FN4OS2/c1-3-12-28-22(19-6-4-5-7-20(19)24)26-27-23(28)31-15-17-14-30-21(25-17)13-29-18-10-8-16(2)9-11-18/h3-11,14H,1,12-13,15H2,2H3. The van der Waals surface area contributed by atoms with Crippen molar-refractivity contribution in [2.75, 3.05) is 0 Å². The van der Waals surface area contributed by atoms with Crippen LogP contribution in [0.2, 0.25) is 0 Å². The Balaban J connectivity index is 1.42. The zero-order chi connectivity index (χ0) is 21.6. The minimum atomic E-state index is -0.325. The van der Waals surface area contributed by atoms with Gasteiger partial charge in [0, 0.05) is 17.7 Å². The van der Waals surface area contributed by atoms with Crippen molar-refractivity contribution in [3.8, 4) is 17.1 Å². The van der Waals surface area contributed by atoms with Gasteiger partial charge in [-0.1, -0.05) is 47.7 Å². The van der Waals surface area contributed by atoms with E-state index in [0.29, 0.717) is 35.4 Å². The fourth-order valence-electron chi connectivity index (χ4n) is 2.93. The second-order valence-electron chi connectivity index (χ2n) is 6.81. The summed E-state index contributed by atoms with van der Waals surface area (Å²) in [7, 11) is 0. The number of ether oxygens (including phenoxy) is 1. The third-order valence-corrected chi connectivity index (χ3v) is 6.35. The number of benzene rings is 2. The van der Waals surface area contributed by atoms with Crippen molar-refractivity contribution < 1.29 is 9.13 Å². The van der Waals surface area contributed by atoms with Crippen LogP contribution in [0.1, 0.15) is 16.3 Å². The predicted octanol–water partition coefficient (Wildman–Crippen LogP) is 5.91. The average Bonchev–Trinajstić information content (AvgIpc) is 3.39. The Bertz CT molecular complexity index is 1170. The van der Waals surface area contributed by atoms with Gasteiger partial charge in [-0.05, 0) is 31.2 Å². The van der Waals surface area contributed by atoms with E-state index in [1.54, 1.807) is 35.6 Å². The van der Waals surface area contributed by atoms with Gasteiger partial charge in [-0.25, -0.2) is 9.37 Å². The Hall–Kier alpha value is -2.97. The fraction of sp³-hybridized carbons (Fsp3) is 0.174. The van der Waals surface area contributed by atoms with Crippen molar-refractivity contribution in [3.05, 3.63) is 88.6 Å². The molecule has 5 nitrogen and oxygen atoms in total. The lowest BCUT2D eigenvalue weighted by Gasteiger charge is -2.08. The Morgan fingerprint density at radius 3 is 2.74 bits per heavy atom. The van der Waals surface area contributed by atoms with Gasteiger partial charge in [0.05, 0.1) is 11.3 Å². The first kappa shape index (κ1) is 21.3. The third kappa shape index (κ3) is 5.21. The highest BCUT2D eigenvalue weighted by Gasteiger charge is 2.17. The Morgan fingerprint density at radius 1 is 1.16 bits per heavy atom. The smallest absolute Gasteiger partial charge is 0.192 e. The number of allylic oxidation sites excluding steroid dienone is 1. The van der Waals surface area contributed by atoms with E-state index >= 15 is 0 Å². The van der Waals surface area contributed by atoms with Gasteiger partial charge in [-0.15, -0.1) is 28.1 Å². The number of thiazole rings is 1. The number of aromatic nitrogens is 4. The number of thioether (sulfide) groups is 1. The van der Waals surface area contributed by atoms with Crippen molar-refractivity contribution in [2.45, 2.75) is 31.0 Å². The van der Waals surface area contributed by atoms with Gasteiger partial charge in [-0.2, -0.15) is 0 Å². The summed E-state index contributed by atoms with van der Waals surface area (Å²) in [6.45, 7) is 6.77. The maximum absolute atomic E-state index is 14.2. The van der Waals surface area contributed by atoms with Crippen LogP contribution < -0.4 is 4.74 Å². The summed E-state index contributed by atoms with van der Waals surface area (Å²) in [6, 6.07) is 14.5. The molecule has 0 fully saturated rings. The maximum Gasteiger partial charge on any atom is 0.192 e. The summed E-state index contributed by atoms with van der Waals surface area (Å²) >= 11 is 3.08. The molecule has 0 bridgehead atoms. The summed E-state index contributed by atoms with van der Waals surface area (Å²) in [6.07, 6.45) is 1.75. The van der Waals surface area contributed by atoms with Gasteiger partial charge in [-0.3, -0.25) is 4.57 Å². The number of hydrogen-bond acceptors (Lipinski definition) is 6. The van der Waals surface area contributed by atoms with Crippen LogP contribution in [0.25, 0.3) is 11.4 Å². The lowest BCUT2D eigenvalue weighted by atomic mass is 10.2. The largest absolute Gasteiger partial charge is 0.486 e.